The Morgan fingerprint density at radius 3 is 2.71 bits per heavy atom. The maximum Gasteiger partial charge on any atom is 0.159 e. The molecule has 0 bridgehead atoms. The Bertz CT molecular complexity index is 1120. The van der Waals surface area contributed by atoms with Crippen LogP contribution in [0.3, 0.4) is 0 Å². The van der Waals surface area contributed by atoms with Crippen LogP contribution in [0.2, 0.25) is 5.02 Å². The lowest BCUT2D eigenvalue weighted by molar-refractivity contribution is 0.145. The van der Waals surface area contributed by atoms with E-state index in [-0.39, 0.29) is 6.10 Å². The number of aliphatic hydroxyl groups is 1. The van der Waals surface area contributed by atoms with E-state index in [9.17, 15) is 10.4 Å². The molecule has 4 rings (SSSR count). The van der Waals surface area contributed by atoms with E-state index < -0.39 is 0 Å². The van der Waals surface area contributed by atoms with Crippen LogP contribution < -0.4 is 15.0 Å². The van der Waals surface area contributed by atoms with Crippen molar-refractivity contribution in [3.8, 4) is 11.8 Å². The van der Waals surface area contributed by atoms with Gasteiger partial charge in [-0.3, -0.25) is 0 Å². The van der Waals surface area contributed by atoms with Crippen LogP contribution in [-0.4, -0.2) is 48.2 Å². The predicted molar refractivity (Wildman–Crippen MR) is 122 cm³/mol. The second-order valence-electron chi connectivity index (χ2n) is 7.61. The van der Waals surface area contributed by atoms with E-state index in [1.165, 1.54) is 0 Å². The molecule has 7 nitrogen and oxygen atoms in total. The molecule has 2 N–H and O–H groups in total. The van der Waals surface area contributed by atoms with Gasteiger partial charge in [-0.25, -0.2) is 0 Å². The van der Waals surface area contributed by atoms with Gasteiger partial charge in [0.1, 0.15) is 5.75 Å². The highest BCUT2D eigenvalue weighted by atomic mass is 35.5. The fourth-order valence-electron chi connectivity index (χ4n) is 3.84. The first-order valence-corrected chi connectivity index (χ1v) is 10.7. The van der Waals surface area contributed by atoms with Crippen molar-refractivity contribution in [3.63, 3.8) is 0 Å². The van der Waals surface area contributed by atoms with E-state index in [2.05, 4.69) is 26.5 Å². The van der Waals surface area contributed by atoms with E-state index in [0.717, 1.165) is 41.7 Å². The average Bonchev–Trinajstić information content (AvgIpc) is 2.79. The molecule has 160 valence electrons. The van der Waals surface area contributed by atoms with E-state index in [1.807, 2.05) is 30.3 Å². The van der Waals surface area contributed by atoms with Crippen molar-refractivity contribution in [2.24, 2.45) is 0 Å². The van der Waals surface area contributed by atoms with Crippen molar-refractivity contribution in [3.05, 3.63) is 52.5 Å². The lowest BCUT2D eigenvalue weighted by Gasteiger charge is -2.31. The standard InChI is InChI=1S/C23H24ClN5O2/c1-31-21-5-3-15(13-20(21)24)6-9-26-22-19-12-16(14-25)2-4-18(19)23(28-27-22)29-10-7-17(30)8-11-29/h2-5,12-13,17,30H,6-11H2,1H3,(H,26,27). The topological polar surface area (TPSA) is 94.3 Å². The molecule has 31 heavy (non-hydrogen) atoms. The highest BCUT2D eigenvalue weighted by molar-refractivity contribution is 6.32. The van der Waals surface area contributed by atoms with Gasteiger partial charge in [0.15, 0.2) is 11.6 Å². The Kier molecular flexibility index (Phi) is 6.40. The molecule has 1 saturated heterocycles. The summed E-state index contributed by atoms with van der Waals surface area (Å²) in [7, 11) is 1.59. The third-order valence-electron chi connectivity index (χ3n) is 5.58. The summed E-state index contributed by atoms with van der Waals surface area (Å²) in [6.45, 7) is 2.10. The molecule has 0 atom stereocenters. The molecular weight excluding hydrogens is 414 g/mol. The minimum atomic E-state index is -0.256. The summed E-state index contributed by atoms with van der Waals surface area (Å²) in [5.41, 5.74) is 1.65. The second-order valence-corrected chi connectivity index (χ2v) is 8.02. The van der Waals surface area contributed by atoms with Crippen LogP contribution in [0, 0.1) is 11.3 Å². The number of aliphatic hydroxyl groups excluding tert-OH is 1. The molecular formula is C23H24ClN5O2. The van der Waals surface area contributed by atoms with Crippen LogP contribution in [0.1, 0.15) is 24.0 Å². The first kappa shape index (κ1) is 21.2. The summed E-state index contributed by atoms with van der Waals surface area (Å²) in [6.07, 6.45) is 1.91. The van der Waals surface area contributed by atoms with Crippen LogP contribution in [0.15, 0.2) is 36.4 Å². The number of hydrogen-bond acceptors (Lipinski definition) is 7. The van der Waals surface area contributed by atoms with Gasteiger partial charge in [0.25, 0.3) is 0 Å². The van der Waals surface area contributed by atoms with Gasteiger partial charge in [-0.1, -0.05) is 17.7 Å². The van der Waals surface area contributed by atoms with Gasteiger partial charge in [0.05, 0.1) is 29.9 Å². The number of nitrogens with zero attached hydrogens (tertiary/aromatic N) is 4. The summed E-state index contributed by atoms with van der Waals surface area (Å²) in [5.74, 6) is 2.09. The van der Waals surface area contributed by atoms with Crippen molar-refractivity contribution < 1.29 is 9.84 Å². The Labute approximate surface area is 186 Å². The summed E-state index contributed by atoms with van der Waals surface area (Å²) in [4.78, 5) is 2.15. The Morgan fingerprint density at radius 2 is 2.00 bits per heavy atom. The number of rotatable bonds is 6. The van der Waals surface area contributed by atoms with Gasteiger partial charge >= 0.3 is 0 Å². The zero-order chi connectivity index (χ0) is 21.8. The van der Waals surface area contributed by atoms with Crippen LogP contribution in [0.5, 0.6) is 5.75 Å². The molecule has 1 aromatic heterocycles. The molecule has 0 radical (unpaired) electrons. The molecule has 1 fully saturated rings. The second kappa shape index (κ2) is 9.38. The van der Waals surface area contributed by atoms with Crippen molar-refractivity contribution in [2.75, 3.05) is 37.0 Å². The zero-order valence-corrected chi connectivity index (χ0v) is 18.1. The third-order valence-corrected chi connectivity index (χ3v) is 5.87. The highest BCUT2D eigenvalue weighted by Gasteiger charge is 2.21. The molecule has 0 aliphatic carbocycles. The monoisotopic (exact) mass is 437 g/mol. The molecule has 0 spiro atoms. The van der Waals surface area contributed by atoms with Crippen molar-refractivity contribution in [1.29, 1.82) is 5.26 Å². The number of methoxy groups -OCH3 is 1. The third kappa shape index (κ3) is 4.66. The van der Waals surface area contributed by atoms with E-state index in [4.69, 9.17) is 16.3 Å². The van der Waals surface area contributed by atoms with Gasteiger partial charge in [-0.15, -0.1) is 10.2 Å². The Hall–Kier alpha value is -3.08. The molecule has 3 aromatic rings. The van der Waals surface area contributed by atoms with Gasteiger partial charge < -0.3 is 20.1 Å². The molecule has 1 aliphatic rings. The number of piperidine rings is 1. The number of hydrogen-bond donors (Lipinski definition) is 2. The molecule has 0 unspecified atom stereocenters. The van der Waals surface area contributed by atoms with Crippen molar-refractivity contribution >= 4 is 34.0 Å². The molecule has 1 aliphatic heterocycles. The van der Waals surface area contributed by atoms with E-state index in [1.54, 1.807) is 13.2 Å². The smallest absolute Gasteiger partial charge is 0.159 e. The number of benzene rings is 2. The van der Waals surface area contributed by atoms with E-state index >= 15 is 0 Å². The molecule has 8 heteroatoms. The number of nitriles is 1. The number of aromatic nitrogens is 2. The fraction of sp³-hybridized carbons (Fsp3) is 0.348. The average molecular weight is 438 g/mol. The minimum absolute atomic E-state index is 0.256. The highest BCUT2D eigenvalue weighted by Crippen LogP contribution is 2.31. The number of anilines is 2. The lowest BCUT2D eigenvalue weighted by atomic mass is 10.1. The van der Waals surface area contributed by atoms with Gasteiger partial charge in [-0.05, 0) is 55.2 Å². The van der Waals surface area contributed by atoms with Crippen molar-refractivity contribution in [2.45, 2.75) is 25.4 Å². The Morgan fingerprint density at radius 1 is 1.19 bits per heavy atom. The SMILES string of the molecule is COc1ccc(CCNc2nnc(N3CCC(O)CC3)c3ccc(C#N)cc23)cc1Cl. The summed E-state index contributed by atoms with van der Waals surface area (Å²) in [5, 5.41) is 33.8. The fourth-order valence-corrected chi connectivity index (χ4v) is 4.12. The quantitative estimate of drug-likeness (QED) is 0.606. The number of halogens is 1. The number of ether oxygens (including phenoxy) is 1. The first-order valence-electron chi connectivity index (χ1n) is 10.3. The largest absolute Gasteiger partial charge is 0.495 e. The van der Waals surface area contributed by atoms with Gasteiger partial charge in [0, 0.05) is 30.4 Å². The normalized spacial score (nSPS) is 14.5. The van der Waals surface area contributed by atoms with Crippen LogP contribution in [0.25, 0.3) is 10.8 Å². The minimum Gasteiger partial charge on any atom is -0.495 e. The van der Waals surface area contributed by atoms with Gasteiger partial charge in [0.2, 0.25) is 0 Å². The Balaban J connectivity index is 1.56. The summed E-state index contributed by atoms with van der Waals surface area (Å²) < 4.78 is 5.20. The van der Waals surface area contributed by atoms with Crippen molar-refractivity contribution in [1.82, 2.24) is 10.2 Å². The molecule has 0 amide bonds. The van der Waals surface area contributed by atoms with Crippen LogP contribution >= 0.6 is 11.6 Å². The molecule has 0 saturated carbocycles. The zero-order valence-electron chi connectivity index (χ0n) is 17.3. The van der Waals surface area contributed by atoms with Crippen LogP contribution in [-0.2, 0) is 6.42 Å². The molecule has 2 heterocycles. The number of nitrogens with one attached hydrogen (secondary N) is 1. The summed E-state index contributed by atoms with van der Waals surface area (Å²) >= 11 is 6.22. The molecule has 2 aromatic carbocycles. The number of fused-ring (bicyclic) bond motifs is 1. The maximum absolute atomic E-state index is 9.81. The summed E-state index contributed by atoms with van der Waals surface area (Å²) in [6, 6.07) is 13.5. The first-order chi connectivity index (χ1) is 15.1. The van der Waals surface area contributed by atoms with Gasteiger partial charge in [-0.2, -0.15) is 5.26 Å². The van der Waals surface area contributed by atoms with Crippen LogP contribution in [0.4, 0.5) is 11.6 Å². The lowest BCUT2D eigenvalue weighted by Crippen LogP contribution is -2.36. The van der Waals surface area contributed by atoms with E-state index in [0.29, 0.717) is 41.5 Å². The predicted octanol–water partition coefficient (Wildman–Crippen LogP) is 3.78. The maximum atomic E-state index is 9.81.